The van der Waals surface area contributed by atoms with Crippen molar-refractivity contribution in [2.45, 2.75) is 45.7 Å². The van der Waals surface area contributed by atoms with Crippen LogP contribution in [0.3, 0.4) is 0 Å². The molecule has 9 heteroatoms. The monoisotopic (exact) mass is 510 g/mol. The van der Waals surface area contributed by atoms with Gasteiger partial charge in [0.1, 0.15) is 5.75 Å². The number of sulfonamides is 1. The number of guanidine groups is 1. The topological polar surface area (TPSA) is 94.0 Å². The number of rotatable bonds is 7. The number of hydrogen-bond acceptors (Lipinski definition) is 4. The molecule has 0 saturated carbocycles. The van der Waals surface area contributed by atoms with E-state index in [0.717, 1.165) is 24.9 Å². The molecule has 1 aliphatic heterocycles. The van der Waals surface area contributed by atoms with Crippen LogP contribution >= 0.6 is 24.0 Å². The Balaban J connectivity index is 0.00000364. The molecule has 0 radical (unpaired) electrons. The molecule has 0 aliphatic carbocycles. The second-order valence-electron chi connectivity index (χ2n) is 6.50. The molecule has 0 aromatic heterocycles. The lowest BCUT2D eigenvalue weighted by Gasteiger charge is -2.32. The van der Waals surface area contributed by atoms with Crippen LogP contribution in [-0.4, -0.2) is 55.2 Å². The summed E-state index contributed by atoms with van der Waals surface area (Å²) in [6.07, 6.45) is 2.17. The zero-order valence-electron chi connectivity index (χ0n) is 16.0. The van der Waals surface area contributed by atoms with Crippen molar-refractivity contribution in [3.8, 4) is 5.75 Å². The normalized spacial score (nSPS) is 16.6. The highest BCUT2D eigenvalue weighted by atomic mass is 127. The Labute approximate surface area is 179 Å². The van der Waals surface area contributed by atoms with Gasteiger partial charge in [0.05, 0.1) is 12.3 Å². The Kier molecular flexibility index (Phi) is 10.4. The van der Waals surface area contributed by atoms with E-state index in [1.54, 1.807) is 22.5 Å². The minimum Gasteiger partial charge on any atom is -0.508 e. The zero-order valence-corrected chi connectivity index (χ0v) is 19.2. The molecule has 0 unspecified atom stereocenters. The smallest absolute Gasteiger partial charge is 0.214 e. The van der Waals surface area contributed by atoms with E-state index in [-0.39, 0.29) is 41.5 Å². The van der Waals surface area contributed by atoms with Gasteiger partial charge < -0.3 is 15.7 Å². The van der Waals surface area contributed by atoms with E-state index < -0.39 is 10.0 Å². The molecule has 1 aromatic carbocycles. The first-order valence-corrected chi connectivity index (χ1v) is 10.9. The van der Waals surface area contributed by atoms with Gasteiger partial charge >= 0.3 is 0 Å². The summed E-state index contributed by atoms with van der Waals surface area (Å²) in [5.41, 5.74) is 0.933. The van der Waals surface area contributed by atoms with Crippen LogP contribution in [0.1, 0.15) is 38.7 Å². The molecule has 154 valence electrons. The lowest BCUT2D eigenvalue weighted by molar-refractivity contribution is 0.306. The second-order valence-corrected chi connectivity index (χ2v) is 8.59. The number of hydrogen-bond donors (Lipinski definition) is 3. The maximum Gasteiger partial charge on any atom is 0.214 e. The predicted octanol–water partition coefficient (Wildman–Crippen LogP) is 2.27. The van der Waals surface area contributed by atoms with Crippen LogP contribution in [0.15, 0.2) is 29.3 Å². The molecule has 1 aromatic rings. The number of halogens is 1. The zero-order chi connectivity index (χ0) is 19.0. The van der Waals surface area contributed by atoms with E-state index >= 15 is 0 Å². The van der Waals surface area contributed by atoms with Gasteiger partial charge in [-0.05, 0) is 43.9 Å². The van der Waals surface area contributed by atoms with Crippen molar-refractivity contribution >= 4 is 40.0 Å². The van der Waals surface area contributed by atoms with E-state index in [4.69, 9.17) is 0 Å². The number of piperidine rings is 1. The number of phenolic OH excluding ortho intramolecular Hbond substituents is 1. The van der Waals surface area contributed by atoms with Gasteiger partial charge in [0.25, 0.3) is 0 Å². The van der Waals surface area contributed by atoms with Gasteiger partial charge in [-0.1, -0.05) is 19.1 Å². The first-order chi connectivity index (χ1) is 12.4. The SMILES string of the molecule is CCCS(=O)(=O)N1CCC(NC(=NCc2cccc(O)c2)NCC)CC1.I. The first kappa shape index (κ1) is 24.0. The molecule has 1 heterocycles. The van der Waals surface area contributed by atoms with E-state index in [1.165, 1.54) is 0 Å². The van der Waals surface area contributed by atoms with Crippen molar-refractivity contribution in [2.24, 2.45) is 4.99 Å². The third-order valence-electron chi connectivity index (χ3n) is 4.32. The Bertz CT molecular complexity index is 704. The third-order valence-corrected chi connectivity index (χ3v) is 6.40. The minimum atomic E-state index is -3.11. The highest BCUT2D eigenvalue weighted by Gasteiger charge is 2.27. The molecular weight excluding hydrogens is 479 g/mol. The van der Waals surface area contributed by atoms with Gasteiger partial charge in [-0.2, -0.15) is 0 Å². The molecule has 2 rings (SSSR count). The highest BCUT2D eigenvalue weighted by Crippen LogP contribution is 2.15. The summed E-state index contributed by atoms with van der Waals surface area (Å²) in [7, 11) is -3.11. The number of nitrogens with one attached hydrogen (secondary N) is 2. The van der Waals surface area contributed by atoms with E-state index in [0.29, 0.717) is 32.0 Å². The third kappa shape index (κ3) is 7.82. The summed E-state index contributed by atoms with van der Waals surface area (Å²) in [4.78, 5) is 4.57. The van der Waals surface area contributed by atoms with Crippen LogP contribution in [0.5, 0.6) is 5.75 Å². The molecule has 1 fully saturated rings. The van der Waals surface area contributed by atoms with Crippen LogP contribution < -0.4 is 10.6 Å². The van der Waals surface area contributed by atoms with E-state index in [2.05, 4.69) is 15.6 Å². The Morgan fingerprint density at radius 1 is 1.30 bits per heavy atom. The molecule has 0 spiro atoms. The van der Waals surface area contributed by atoms with Crippen LogP contribution in [0.25, 0.3) is 0 Å². The predicted molar refractivity (Wildman–Crippen MR) is 120 cm³/mol. The van der Waals surface area contributed by atoms with Gasteiger partial charge in [0.2, 0.25) is 10.0 Å². The lowest BCUT2D eigenvalue weighted by Crippen LogP contribution is -2.50. The quantitative estimate of drug-likeness (QED) is 0.297. The summed E-state index contributed by atoms with van der Waals surface area (Å²) in [5, 5.41) is 16.2. The van der Waals surface area contributed by atoms with Crippen molar-refractivity contribution in [3.63, 3.8) is 0 Å². The molecule has 0 atom stereocenters. The summed E-state index contributed by atoms with van der Waals surface area (Å²) in [5.74, 6) is 1.17. The molecule has 0 bridgehead atoms. The number of aromatic hydroxyl groups is 1. The van der Waals surface area contributed by atoms with Crippen molar-refractivity contribution in [1.82, 2.24) is 14.9 Å². The van der Waals surface area contributed by atoms with Crippen molar-refractivity contribution in [1.29, 1.82) is 0 Å². The largest absolute Gasteiger partial charge is 0.508 e. The summed E-state index contributed by atoms with van der Waals surface area (Å²) >= 11 is 0. The standard InChI is InChI=1S/C18H30N4O3S.HI/c1-3-12-26(24,25)22-10-8-16(9-11-22)21-18(19-4-2)20-14-15-6-5-7-17(23)13-15;/h5-7,13,16,23H,3-4,8-12,14H2,1-2H3,(H2,19,20,21);1H. The van der Waals surface area contributed by atoms with Crippen LogP contribution in [0.4, 0.5) is 0 Å². The summed E-state index contributed by atoms with van der Waals surface area (Å²) in [6, 6.07) is 7.25. The molecule has 3 N–H and O–H groups in total. The maximum atomic E-state index is 12.2. The minimum absolute atomic E-state index is 0. The van der Waals surface area contributed by atoms with E-state index in [9.17, 15) is 13.5 Å². The average molecular weight is 510 g/mol. The van der Waals surface area contributed by atoms with Crippen LogP contribution in [-0.2, 0) is 16.6 Å². The average Bonchev–Trinajstić information content (AvgIpc) is 2.60. The van der Waals surface area contributed by atoms with Gasteiger partial charge in [-0.25, -0.2) is 17.7 Å². The first-order valence-electron chi connectivity index (χ1n) is 9.25. The maximum absolute atomic E-state index is 12.2. The fourth-order valence-electron chi connectivity index (χ4n) is 3.00. The van der Waals surface area contributed by atoms with Crippen molar-refractivity contribution in [2.75, 3.05) is 25.4 Å². The Morgan fingerprint density at radius 2 is 2.00 bits per heavy atom. The number of phenols is 1. The Hall–Kier alpha value is -1.07. The number of nitrogens with zero attached hydrogens (tertiary/aromatic N) is 2. The molecular formula is C18H31IN4O3S. The molecule has 0 amide bonds. The van der Waals surface area contributed by atoms with Crippen molar-refractivity contribution in [3.05, 3.63) is 29.8 Å². The Morgan fingerprint density at radius 3 is 2.59 bits per heavy atom. The fraction of sp³-hybridized carbons (Fsp3) is 0.611. The fourth-order valence-corrected chi connectivity index (χ4v) is 4.55. The van der Waals surface area contributed by atoms with Crippen LogP contribution in [0, 0.1) is 0 Å². The van der Waals surface area contributed by atoms with Gasteiger partial charge in [0, 0.05) is 25.7 Å². The van der Waals surface area contributed by atoms with Crippen LogP contribution in [0.2, 0.25) is 0 Å². The molecule has 1 saturated heterocycles. The number of benzene rings is 1. The highest BCUT2D eigenvalue weighted by molar-refractivity contribution is 14.0. The van der Waals surface area contributed by atoms with Gasteiger partial charge in [-0.3, -0.25) is 0 Å². The molecule has 27 heavy (non-hydrogen) atoms. The number of aliphatic imine (C=N–C) groups is 1. The summed E-state index contributed by atoms with van der Waals surface area (Å²) in [6.45, 7) is 6.20. The van der Waals surface area contributed by atoms with E-state index in [1.807, 2.05) is 19.9 Å². The molecule has 1 aliphatic rings. The lowest BCUT2D eigenvalue weighted by atomic mass is 10.1. The summed E-state index contributed by atoms with van der Waals surface area (Å²) < 4.78 is 25.9. The van der Waals surface area contributed by atoms with Gasteiger partial charge in [-0.15, -0.1) is 24.0 Å². The molecule has 7 nitrogen and oxygen atoms in total. The van der Waals surface area contributed by atoms with Gasteiger partial charge in [0.15, 0.2) is 5.96 Å². The van der Waals surface area contributed by atoms with Crippen molar-refractivity contribution < 1.29 is 13.5 Å². The second kappa shape index (κ2) is 11.7.